The molecule has 2 N–H and O–H groups in total. The zero-order chi connectivity index (χ0) is 14.7. The number of benzene rings is 1. The number of hydrogen-bond donors (Lipinski definition) is 2. The standard InChI is InChI=1S/C15H18N4O2/c20-14-9-17-19(13-6-2-1-5-12(13)14)10-15(21)18-11-4-3-7-16-8-11/h1-2,5-6,9,11,16H,3-4,7-8,10H2,(H,18,21)/t11-/m0/s1. The van der Waals surface area contributed by atoms with Crippen molar-refractivity contribution in [2.45, 2.75) is 25.4 Å². The number of para-hydroxylation sites is 1. The second-order valence-electron chi connectivity index (χ2n) is 5.29. The quantitative estimate of drug-likeness (QED) is 0.849. The third-order valence-corrected chi connectivity index (χ3v) is 3.72. The lowest BCUT2D eigenvalue weighted by atomic mass is 10.1. The molecule has 1 atom stereocenters. The Morgan fingerprint density at radius 3 is 3.10 bits per heavy atom. The number of rotatable bonds is 3. The summed E-state index contributed by atoms with van der Waals surface area (Å²) in [6.45, 7) is 1.94. The van der Waals surface area contributed by atoms with E-state index in [9.17, 15) is 9.59 Å². The van der Waals surface area contributed by atoms with Crippen molar-refractivity contribution < 1.29 is 4.79 Å². The van der Waals surface area contributed by atoms with Crippen molar-refractivity contribution in [1.29, 1.82) is 0 Å². The number of amides is 1. The van der Waals surface area contributed by atoms with Gasteiger partial charge in [0.1, 0.15) is 6.54 Å². The van der Waals surface area contributed by atoms with Crippen molar-refractivity contribution in [3.63, 3.8) is 0 Å². The minimum absolute atomic E-state index is 0.0787. The van der Waals surface area contributed by atoms with E-state index in [1.165, 1.54) is 6.20 Å². The van der Waals surface area contributed by atoms with E-state index in [0.717, 1.165) is 25.9 Å². The summed E-state index contributed by atoms with van der Waals surface area (Å²) in [5.41, 5.74) is 0.556. The summed E-state index contributed by atoms with van der Waals surface area (Å²) in [5, 5.41) is 10.9. The summed E-state index contributed by atoms with van der Waals surface area (Å²) in [7, 11) is 0. The fourth-order valence-corrected chi connectivity index (χ4v) is 2.67. The fraction of sp³-hybridized carbons (Fsp3) is 0.400. The molecule has 21 heavy (non-hydrogen) atoms. The van der Waals surface area contributed by atoms with Crippen LogP contribution in [0, 0.1) is 0 Å². The second-order valence-corrected chi connectivity index (χ2v) is 5.29. The fourth-order valence-electron chi connectivity index (χ4n) is 2.67. The molecule has 1 aliphatic rings. The maximum Gasteiger partial charge on any atom is 0.242 e. The van der Waals surface area contributed by atoms with E-state index in [2.05, 4.69) is 15.7 Å². The molecular formula is C15H18N4O2. The molecule has 1 fully saturated rings. The summed E-state index contributed by atoms with van der Waals surface area (Å²) in [4.78, 5) is 23.9. The van der Waals surface area contributed by atoms with Gasteiger partial charge >= 0.3 is 0 Å². The van der Waals surface area contributed by atoms with E-state index in [-0.39, 0.29) is 23.9 Å². The maximum absolute atomic E-state index is 12.1. The predicted molar refractivity (Wildman–Crippen MR) is 80.0 cm³/mol. The van der Waals surface area contributed by atoms with Crippen LogP contribution in [0.5, 0.6) is 0 Å². The molecule has 1 aromatic heterocycles. The van der Waals surface area contributed by atoms with Crippen LogP contribution in [0.25, 0.3) is 10.9 Å². The van der Waals surface area contributed by atoms with Crippen LogP contribution < -0.4 is 16.1 Å². The van der Waals surface area contributed by atoms with Crippen molar-refractivity contribution in [2.24, 2.45) is 0 Å². The Balaban J connectivity index is 1.77. The number of aromatic nitrogens is 2. The van der Waals surface area contributed by atoms with Gasteiger partial charge in [-0.3, -0.25) is 14.3 Å². The van der Waals surface area contributed by atoms with Crippen LogP contribution in [-0.2, 0) is 11.3 Å². The molecule has 3 rings (SSSR count). The van der Waals surface area contributed by atoms with E-state index in [0.29, 0.717) is 10.9 Å². The molecule has 0 spiro atoms. The van der Waals surface area contributed by atoms with Crippen LogP contribution in [-0.4, -0.2) is 34.8 Å². The van der Waals surface area contributed by atoms with Gasteiger partial charge in [0.15, 0.2) is 0 Å². The molecule has 2 aromatic rings. The molecule has 1 aliphatic heterocycles. The number of hydrogen-bond acceptors (Lipinski definition) is 4. The van der Waals surface area contributed by atoms with Gasteiger partial charge in [-0.25, -0.2) is 0 Å². The molecule has 110 valence electrons. The highest BCUT2D eigenvalue weighted by Crippen LogP contribution is 2.08. The Bertz CT molecular complexity index is 704. The Kier molecular flexibility index (Phi) is 3.96. The number of nitrogens with one attached hydrogen (secondary N) is 2. The Morgan fingerprint density at radius 1 is 1.43 bits per heavy atom. The van der Waals surface area contributed by atoms with Crippen LogP contribution >= 0.6 is 0 Å². The van der Waals surface area contributed by atoms with Gasteiger partial charge in [0.25, 0.3) is 0 Å². The third-order valence-electron chi connectivity index (χ3n) is 3.72. The monoisotopic (exact) mass is 286 g/mol. The number of nitrogens with zero attached hydrogens (tertiary/aromatic N) is 2. The van der Waals surface area contributed by atoms with Crippen LogP contribution in [0.4, 0.5) is 0 Å². The normalized spacial score (nSPS) is 18.6. The van der Waals surface area contributed by atoms with Crippen LogP contribution in [0.15, 0.2) is 35.3 Å². The molecule has 0 saturated carbocycles. The molecule has 0 bridgehead atoms. The molecule has 0 radical (unpaired) electrons. The van der Waals surface area contributed by atoms with E-state index in [1.807, 2.05) is 12.1 Å². The Labute approximate surface area is 122 Å². The van der Waals surface area contributed by atoms with Gasteiger partial charge in [0.05, 0.1) is 11.7 Å². The molecule has 1 saturated heterocycles. The van der Waals surface area contributed by atoms with Gasteiger partial charge in [-0.1, -0.05) is 12.1 Å². The first-order chi connectivity index (χ1) is 10.2. The smallest absolute Gasteiger partial charge is 0.242 e. The van der Waals surface area contributed by atoms with Crippen LogP contribution in [0.2, 0.25) is 0 Å². The lowest BCUT2D eigenvalue weighted by Crippen LogP contribution is -2.46. The Hall–Kier alpha value is -2.21. The number of fused-ring (bicyclic) bond motifs is 1. The van der Waals surface area contributed by atoms with E-state index >= 15 is 0 Å². The lowest BCUT2D eigenvalue weighted by molar-refractivity contribution is -0.122. The lowest BCUT2D eigenvalue weighted by Gasteiger charge is -2.24. The first-order valence-electron chi connectivity index (χ1n) is 7.19. The second kappa shape index (κ2) is 6.05. The molecular weight excluding hydrogens is 268 g/mol. The molecule has 1 aromatic carbocycles. The average Bonchev–Trinajstić information content (AvgIpc) is 2.51. The average molecular weight is 286 g/mol. The molecule has 6 heteroatoms. The molecule has 6 nitrogen and oxygen atoms in total. The minimum atomic E-state index is -0.126. The molecule has 0 aliphatic carbocycles. The number of carbonyl (C=O) groups is 1. The van der Waals surface area contributed by atoms with E-state index in [1.54, 1.807) is 16.8 Å². The highest BCUT2D eigenvalue weighted by Gasteiger charge is 2.16. The Morgan fingerprint density at radius 2 is 2.29 bits per heavy atom. The van der Waals surface area contributed by atoms with E-state index in [4.69, 9.17) is 0 Å². The molecule has 2 heterocycles. The highest BCUT2D eigenvalue weighted by atomic mass is 16.2. The number of carbonyl (C=O) groups excluding carboxylic acids is 1. The first-order valence-corrected chi connectivity index (χ1v) is 7.19. The first kappa shape index (κ1) is 13.8. The summed E-state index contributed by atoms with van der Waals surface area (Å²) in [6, 6.07) is 7.37. The van der Waals surface area contributed by atoms with E-state index < -0.39 is 0 Å². The zero-order valence-corrected chi connectivity index (χ0v) is 11.7. The zero-order valence-electron chi connectivity index (χ0n) is 11.7. The van der Waals surface area contributed by atoms with Crippen molar-refractivity contribution in [1.82, 2.24) is 20.4 Å². The van der Waals surface area contributed by atoms with Gasteiger partial charge in [-0.05, 0) is 31.5 Å². The predicted octanol–water partition coefficient (Wildman–Crippen LogP) is 0.265. The SMILES string of the molecule is O=C(Cn1ncc(=O)c2ccccc21)N[C@H]1CCCNC1. The van der Waals surface area contributed by atoms with Crippen LogP contribution in [0.3, 0.4) is 0 Å². The van der Waals surface area contributed by atoms with Gasteiger partial charge in [0, 0.05) is 18.0 Å². The van der Waals surface area contributed by atoms with Gasteiger partial charge in [-0.2, -0.15) is 5.10 Å². The third kappa shape index (κ3) is 3.11. The summed E-state index contributed by atoms with van der Waals surface area (Å²) >= 11 is 0. The minimum Gasteiger partial charge on any atom is -0.350 e. The topological polar surface area (TPSA) is 76.0 Å². The summed E-state index contributed by atoms with van der Waals surface area (Å²) in [6.07, 6.45) is 3.33. The molecule has 1 amide bonds. The molecule has 0 unspecified atom stereocenters. The largest absolute Gasteiger partial charge is 0.350 e. The van der Waals surface area contributed by atoms with Crippen molar-refractivity contribution in [3.05, 3.63) is 40.7 Å². The summed E-state index contributed by atoms with van der Waals surface area (Å²) in [5.74, 6) is -0.0787. The van der Waals surface area contributed by atoms with Crippen molar-refractivity contribution in [2.75, 3.05) is 13.1 Å². The van der Waals surface area contributed by atoms with Crippen molar-refractivity contribution in [3.8, 4) is 0 Å². The number of piperidine rings is 1. The highest BCUT2D eigenvalue weighted by molar-refractivity contribution is 5.81. The van der Waals surface area contributed by atoms with Gasteiger partial charge < -0.3 is 10.6 Å². The maximum atomic E-state index is 12.1. The van der Waals surface area contributed by atoms with Crippen molar-refractivity contribution >= 4 is 16.8 Å². The summed E-state index contributed by atoms with van der Waals surface area (Å²) < 4.78 is 1.57. The van der Waals surface area contributed by atoms with Crippen LogP contribution in [0.1, 0.15) is 12.8 Å². The van der Waals surface area contributed by atoms with Gasteiger partial charge in [-0.15, -0.1) is 0 Å². The van der Waals surface area contributed by atoms with Gasteiger partial charge in [0.2, 0.25) is 11.3 Å².